The number of ether oxygens (including phenoxy) is 2. The third-order valence-electron chi connectivity index (χ3n) is 13.6. The molecule has 7 heterocycles. The number of carbonyl (C=O) groups is 1. The summed E-state index contributed by atoms with van der Waals surface area (Å²) in [5, 5.41) is 17.4. The number of amides is 1. The molecule has 0 aliphatic carbocycles. The minimum absolute atomic E-state index is 0.0129. The van der Waals surface area contributed by atoms with Gasteiger partial charge in [0.2, 0.25) is 5.91 Å². The normalized spacial score (nSPS) is 24.4. The van der Waals surface area contributed by atoms with Gasteiger partial charge in [0.1, 0.15) is 29.8 Å². The van der Waals surface area contributed by atoms with Gasteiger partial charge in [0.25, 0.3) is 0 Å². The van der Waals surface area contributed by atoms with E-state index in [0.717, 1.165) is 44.2 Å². The van der Waals surface area contributed by atoms with Crippen molar-refractivity contribution in [2.45, 2.75) is 121 Å². The van der Waals surface area contributed by atoms with E-state index in [0.29, 0.717) is 84.8 Å². The number of alkyl halides is 1. The highest BCUT2D eigenvalue weighted by Gasteiger charge is 2.49. The van der Waals surface area contributed by atoms with Gasteiger partial charge < -0.3 is 28.8 Å². The summed E-state index contributed by atoms with van der Waals surface area (Å²) < 4.78 is 53.4. The molecule has 3 aromatic heterocycles. The van der Waals surface area contributed by atoms with Crippen LogP contribution in [0.5, 0.6) is 6.01 Å². The van der Waals surface area contributed by atoms with Crippen LogP contribution in [0.2, 0.25) is 23.2 Å². The lowest BCUT2D eigenvalue weighted by molar-refractivity contribution is -0.129. The third kappa shape index (κ3) is 8.36. The van der Waals surface area contributed by atoms with Gasteiger partial charge >= 0.3 is 6.01 Å². The van der Waals surface area contributed by atoms with E-state index in [1.807, 2.05) is 15.6 Å². The second-order valence-electron chi connectivity index (χ2n) is 18.7. The fourth-order valence-electron chi connectivity index (χ4n) is 9.27. The number of hydrogen-bond donors (Lipinski definition) is 1. The van der Waals surface area contributed by atoms with Gasteiger partial charge in [-0.15, -0.1) is 0 Å². The lowest BCUT2D eigenvalue weighted by Gasteiger charge is -2.36. The molecule has 0 spiro atoms. The van der Waals surface area contributed by atoms with E-state index < -0.39 is 31.9 Å². The molecule has 8 rings (SSSR count). The summed E-state index contributed by atoms with van der Waals surface area (Å²) >= 11 is 7.21. The number of carbonyl (C=O) groups excluding carboxylic acids is 1. The summed E-state index contributed by atoms with van der Waals surface area (Å²) in [6, 6.07) is 1.84. The van der Waals surface area contributed by atoms with Crippen molar-refractivity contribution < 1.29 is 32.6 Å². The Morgan fingerprint density at radius 3 is 2.67 bits per heavy atom. The van der Waals surface area contributed by atoms with Crippen LogP contribution in [-0.2, 0) is 20.4 Å². The number of aliphatic hydroxyl groups excluding tert-OH is 1. The molecule has 4 fully saturated rings. The zero-order valence-corrected chi connectivity index (χ0v) is 37.5. The SMILES string of the molecule is CC(=O)N1CCN(c2nc(OC[C@@]34CCCN3C[C@H](F)C4)nc3c(F)c(-c4c(CCCO[Si](C)(C)C(C)(C)C)c(Cl)cc5c4cnn5C4CCCCO4)ncc23)CC(O)C1. The van der Waals surface area contributed by atoms with Gasteiger partial charge in [-0.1, -0.05) is 32.4 Å². The first-order valence-corrected chi connectivity index (χ1v) is 24.8. The number of anilines is 1. The Hall–Kier alpha value is -3.54. The Bertz CT molecular complexity index is 2240. The summed E-state index contributed by atoms with van der Waals surface area (Å²) in [5.74, 6) is -0.507. The van der Waals surface area contributed by atoms with Gasteiger partial charge in [0.15, 0.2) is 20.4 Å². The first kappa shape index (κ1) is 43.1. The molecule has 4 saturated heterocycles. The van der Waals surface area contributed by atoms with Gasteiger partial charge in [-0.2, -0.15) is 15.1 Å². The molecule has 0 radical (unpaired) electrons. The van der Waals surface area contributed by atoms with Crippen molar-refractivity contribution in [3.8, 4) is 17.3 Å². The smallest absolute Gasteiger partial charge is 0.319 e. The first-order chi connectivity index (χ1) is 28.5. The number of benzene rings is 1. The maximum Gasteiger partial charge on any atom is 0.319 e. The van der Waals surface area contributed by atoms with Crippen molar-refractivity contribution in [1.29, 1.82) is 0 Å². The van der Waals surface area contributed by atoms with E-state index in [2.05, 4.69) is 38.8 Å². The van der Waals surface area contributed by atoms with Crippen molar-refractivity contribution >= 4 is 53.4 Å². The maximum absolute atomic E-state index is 17.8. The molecule has 60 heavy (non-hydrogen) atoms. The predicted molar refractivity (Wildman–Crippen MR) is 230 cm³/mol. The molecular formula is C43H59ClF2N8O5Si. The molecule has 1 amide bonds. The average molecular weight is 870 g/mol. The molecule has 13 nitrogen and oxygen atoms in total. The quantitative estimate of drug-likeness (QED) is 0.119. The van der Waals surface area contributed by atoms with Gasteiger partial charge in [-0.25, -0.2) is 13.5 Å². The highest BCUT2D eigenvalue weighted by Crippen LogP contribution is 2.43. The zero-order valence-electron chi connectivity index (χ0n) is 35.8. The number of β-amino-alcohol motifs (C(OH)–C–C–N with tert-alkyl or cyclic N) is 1. The molecule has 0 bridgehead atoms. The number of halogens is 3. The van der Waals surface area contributed by atoms with Gasteiger partial charge in [0.05, 0.1) is 28.7 Å². The molecule has 1 aromatic carbocycles. The van der Waals surface area contributed by atoms with Gasteiger partial charge in [-0.05, 0) is 81.3 Å². The number of hydrogen-bond acceptors (Lipinski definition) is 11. The van der Waals surface area contributed by atoms with Crippen molar-refractivity contribution in [1.82, 2.24) is 34.5 Å². The van der Waals surface area contributed by atoms with Crippen LogP contribution < -0.4 is 9.64 Å². The molecule has 4 aliphatic rings. The van der Waals surface area contributed by atoms with E-state index in [-0.39, 0.29) is 54.1 Å². The lowest BCUT2D eigenvalue weighted by atomic mass is 9.95. The van der Waals surface area contributed by atoms with E-state index in [1.165, 1.54) is 6.92 Å². The number of rotatable bonds is 11. The highest BCUT2D eigenvalue weighted by molar-refractivity contribution is 6.74. The second-order valence-corrected chi connectivity index (χ2v) is 23.9. The van der Waals surface area contributed by atoms with E-state index in [9.17, 15) is 14.3 Å². The fourth-order valence-corrected chi connectivity index (χ4v) is 10.6. The third-order valence-corrected chi connectivity index (χ3v) is 18.5. The standard InChI is InChI=1S/C43H59ClF2N8O5Si/c1-27(55)51-15-16-52(25-29(56)24-51)40-32-21-47-39(37(46)38(32)49-41(50-40)58-26-43-13-10-14-53(43)23-28(45)20-43)36-30(11-9-18-59-60(5,6)42(2,3)4)33(44)19-34-31(36)22-48-54(34)35-12-7-8-17-57-35/h19,21-22,28-29,35,56H,7-18,20,23-26H2,1-6H3/t28-,29?,35?,43+/m1/s1. The second kappa shape index (κ2) is 17.0. The minimum Gasteiger partial charge on any atom is -0.461 e. The van der Waals surface area contributed by atoms with Crippen LogP contribution in [0.3, 0.4) is 0 Å². The van der Waals surface area contributed by atoms with Crippen molar-refractivity contribution in [3.63, 3.8) is 0 Å². The maximum atomic E-state index is 17.8. The molecule has 4 atom stereocenters. The molecule has 4 aliphatic heterocycles. The molecule has 326 valence electrons. The Balaban J connectivity index is 1.24. The first-order valence-electron chi connectivity index (χ1n) is 21.6. The molecular weight excluding hydrogens is 810 g/mol. The van der Waals surface area contributed by atoms with Crippen molar-refractivity contribution in [3.05, 3.63) is 34.9 Å². The van der Waals surface area contributed by atoms with Crippen LogP contribution in [0.25, 0.3) is 33.1 Å². The van der Waals surface area contributed by atoms with Crippen LogP contribution in [0.4, 0.5) is 14.6 Å². The molecule has 1 N–H and O–H groups in total. The van der Waals surface area contributed by atoms with E-state index in [1.54, 1.807) is 17.3 Å². The number of aromatic nitrogens is 5. The van der Waals surface area contributed by atoms with Crippen LogP contribution in [-0.4, -0.2) is 131 Å². The Morgan fingerprint density at radius 2 is 1.92 bits per heavy atom. The van der Waals surface area contributed by atoms with Crippen molar-refractivity contribution in [2.24, 2.45) is 0 Å². The minimum atomic E-state index is -2.02. The zero-order chi connectivity index (χ0) is 42.6. The summed E-state index contributed by atoms with van der Waals surface area (Å²) in [6.07, 6.45) is 7.18. The van der Waals surface area contributed by atoms with Gasteiger partial charge in [-0.3, -0.25) is 14.7 Å². The lowest BCUT2D eigenvalue weighted by Crippen LogP contribution is -2.43. The number of nitrogens with zero attached hydrogens (tertiary/aromatic N) is 8. The largest absolute Gasteiger partial charge is 0.461 e. The van der Waals surface area contributed by atoms with Crippen LogP contribution in [0, 0.1) is 5.82 Å². The molecule has 4 aromatic rings. The summed E-state index contributed by atoms with van der Waals surface area (Å²) in [7, 11) is -2.02. The van der Waals surface area contributed by atoms with Crippen LogP contribution in [0.1, 0.15) is 84.4 Å². The molecule has 0 saturated carbocycles. The molecule has 17 heteroatoms. The predicted octanol–water partition coefficient (Wildman–Crippen LogP) is 7.47. The van der Waals surface area contributed by atoms with Crippen molar-refractivity contribution in [2.75, 3.05) is 64.0 Å². The van der Waals surface area contributed by atoms with Crippen LogP contribution >= 0.6 is 11.6 Å². The Morgan fingerprint density at radius 1 is 1.10 bits per heavy atom. The highest BCUT2D eigenvalue weighted by atomic mass is 35.5. The topological polar surface area (TPSA) is 131 Å². The van der Waals surface area contributed by atoms with Gasteiger partial charge in [0, 0.05) is 81.5 Å². The number of aliphatic hydroxyl groups is 1. The Labute approximate surface area is 356 Å². The fraction of sp³-hybridized carbons (Fsp3) is 0.651. The molecule has 2 unspecified atom stereocenters. The summed E-state index contributed by atoms with van der Waals surface area (Å²) in [5.41, 5.74) is 1.53. The van der Waals surface area contributed by atoms with E-state index in [4.69, 9.17) is 45.6 Å². The number of fused-ring (bicyclic) bond motifs is 3. The Kier molecular flexibility index (Phi) is 12.2. The monoisotopic (exact) mass is 868 g/mol. The van der Waals surface area contributed by atoms with Crippen LogP contribution in [0.15, 0.2) is 18.5 Å². The number of pyridine rings is 1. The summed E-state index contributed by atoms with van der Waals surface area (Å²) in [6.45, 7) is 15.9. The van der Waals surface area contributed by atoms with E-state index >= 15 is 4.39 Å². The average Bonchev–Trinajstić information content (AvgIpc) is 3.83. The summed E-state index contributed by atoms with van der Waals surface area (Å²) in [4.78, 5) is 32.3.